The first-order valence-electron chi connectivity index (χ1n) is 6.07. The molecule has 0 amide bonds. The Bertz CT molecular complexity index is 341. The molecular formula is C13H21N3. The number of hydrogen-bond donors (Lipinski definition) is 0. The van der Waals surface area contributed by atoms with Crippen LogP contribution in [0.25, 0.3) is 0 Å². The number of anilines is 1. The van der Waals surface area contributed by atoms with Crippen LogP contribution in [0.4, 0.5) is 5.69 Å². The third-order valence-electron chi connectivity index (χ3n) is 3.21. The second kappa shape index (κ2) is 4.83. The van der Waals surface area contributed by atoms with Gasteiger partial charge in [0.1, 0.15) is 0 Å². The van der Waals surface area contributed by atoms with Crippen molar-refractivity contribution in [2.45, 2.75) is 19.8 Å². The van der Waals surface area contributed by atoms with E-state index in [9.17, 15) is 0 Å². The summed E-state index contributed by atoms with van der Waals surface area (Å²) in [5.74, 6) is 0.496. The summed E-state index contributed by atoms with van der Waals surface area (Å²) in [5.41, 5.74) is 2.55. The Balaban J connectivity index is 2.19. The number of rotatable bonds is 2. The molecule has 1 aliphatic heterocycles. The highest BCUT2D eigenvalue weighted by atomic mass is 15.2. The van der Waals surface area contributed by atoms with E-state index >= 15 is 0 Å². The highest BCUT2D eigenvalue weighted by Crippen LogP contribution is 2.25. The van der Waals surface area contributed by atoms with E-state index in [0.717, 1.165) is 26.2 Å². The van der Waals surface area contributed by atoms with Gasteiger partial charge >= 0.3 is 0 Å². The average molecular weight is 219 g/mol. The van der Waals surface area contributed by atoms with Gasteiger partial charge in [0, 0.05) is 32.4 Å². The largest absolute Gasteiger partial charge is 0.367 e. The molecule has 3 heteroatoms. The van der Waals surface area contributed by atoms with Crippen molar-refractivity contribution in [1.82, 2.24) is 9.88 Å². The monoisotopic (exact) mass is 219 g/mol. The van der Waals surface area contributed by atoms with Crippen molar-refractivity contribution in [3.05, 3.63) is 24.0 Å². The van der Waals surface area contributed by atoms with Gasteiger partial charge in [-0.25, -0.2) is 0 Å². The van der Waals surface area contributed by atoms with Gasteiger partial charge in [0.25, 0.3) is 0 Å². The quantitative estimate of drug-likeness (QED) is 0.758. The lowest BCUT2D eigenvalue weighted by Gasteiger charge is -2.35. The van der Waals surface area contributed by atoms with Crippen molar-refractivity contribution in [2.24, 2.45) is 0 Å². The van der Waals surface area contributed by atoms with E-state index < -0.39 is 0 Å². The van der Waals surface area contributed by atoms with Gasteiger partial charge in [-0.2, -0.15) is 0 Å². The summed E-state index contributed by atoms with van der Waals surface area (Å²) in [4.78, 5) is 9.35. The summed E-state index contributed by atoms with van der Waals surface area (Å²) >= 11 is 0. The molecule has 0 bridgehead atoms. The molecule has 0 N–H and O–H groups in total. The lowest BCUT2D eigenvalue weighted by Crippen LogP contribution is -2.44. The minimum absolute atomic E-state index is 0.496. The summed E-state index contributed by atoms with van der Waals surface area (Å²) in [6, 6.07) is 4.24. The molecule has 0 atom stereocenters. The van der Waals surface area contributed by atoms with E-state index in [2.05, 4.69) is 41.7 Å². The molecule has 0 radical (unpaired) electrons. The standard InChI is InChI=1S/C13H21N3/c1-11(2)13-12(5-4-6-14-13)16-9-7-15(3)8-10-16/h4-6,11H,7-10H2,1-3H3. The highest BCUT2D eigenvalue weighted by Gasteiger charge is 2.18. The van der Waals surface area contributed by atoms with Crippen LogP contribution in [-0.2, 0) is 0 Å². The zero-order chi connectivity index (χ0) is 11.5. The molecule has 0 spiro atoms. The summed E-state index contributed by atoms with van der Waals surface area (Å²) in [7, 11) is 2.18. The number of hydrogen-bond acceptors (Lipinski definition) is 3. The van der Waals surface area contributed by atoms with Gasteiger partial charge in [0.15, 0.2) is 0 Å². The fourth-order valence-corrected chi connectivity index (χ4v) is 2.17. The van der Waals surface area contributed by atoms with E-state index in [1.807, 2.05) is 12.3 Å². The van der Waals surface area contributed by atoms with Gasteiger partial charge in [-0.1, -0.05) is 13.8 Å². The fourth-order valence-electron chi connectivity index (χ4n) is 2.17. The molecule has 0 aliphatic carbocycles. The molecule has 16 heavy (non-hydrogen) atoms. The van der Waals surface area contributed by atoms with E-state index in [1.54, 1.807) is 0 Å². The summed E-state index contributed by atoms with van der Waals surface area (Å²) < 4.78 is 0. The van der Waals surface area contributed by atoms with Crippen LogP contribution in [0, 0.1) is 0 Å². The first kappa shape index (κ1) is 11.4. The number of piperazine rings is 1. The molecule has 0 unspecified atom stereocenters. The lowest BCUT2D eigenvalue weighted by atomic mass is 10.1. The maximum Gasteiger partial charge on any atom is 0.0662 e. The smallest absolute Gasteiger partial charge is 0.0662 e. The van der Waals surface area contributed by atoms with Crippen LogP contribution in [0.3, 0.4) is 0 Å². The van der Waals surface area contributed by atoms with Crippen molar-refractivity contribution in [2.75, 3.05) is 38.1 Å². The summed E-state index contributed by atoms with van der Waals surface area (Å²) in [6.45, 7) is 8.94. The van der Waals surface area contributed by atoms with Crippen molar-refractivity contribution in [1.29, 1.82) is 0 Å². The number of aromatic nitrogens is 1. The Kier molecular flexibility index (Phi) is 3.44. The van der Waals surface area contributed by atoms with Gasteiger partial charge in [-0.15, -0.1) is 0 Å². The molecule has 0 aromatic carbocycles. The summed E-state index contributed by atoms with van der Waals surface area (Å²) in [5, 5.41) is 0. The number of nitrogens with zero attached hydrogens (tertiary/aromatic N) is 3. The zero-order valence-electron chi connectivity index (χ0n) is 10.5. The van der Waals surface area contributed by atoms with E-state index in [-0.39, 0.29) is 0 Å². The van der Waals surface area contributed by atoms with Gasteiger partial charge < -0.3 is 9.80 Å². The van der Waals surface area contributed by atoms with Crippen LogP contribution >= 0.6 is 0 Å². The first-order valence-corrected chi connectivity index (χ1v) is 6.07. The Morgan fingerprint density at radius 2 is 1.88 bits per heavy atom. The second-order valence-corrected chi connectivity index (χ2v) is 4.85. The lowest BCUT2D eigenvalue weighted by molar-refractivity contribution is 0.312. The van der Waals surface area contributed by atoms with Crippen LogP contribution in [0.15, 0.2) is 18.3 Å². The average Bonchev–Trinajstić information content (AvgIpc) is 2.30. The molecule has 1 fully saturated rings. The molecule has 88 valence electrons. The van der Waals surface area contributed by atoms with Crippen LogP contribution in [-0.4, -0.2) is 43.1 Å². The molecule has 2 rings (SSSR count). The molecule has 1 aromatic heterocycles. The first-order chi connectivity index (χ1) is 7.68. The van der Waals surface area contributed by atoms with Crippen molar-refractivity contribution in [3.63, 3.8) is 0 Å². The molecule has 1 aromatic rings. The normalized spacial score (nSPS) is 18.1. The van der Waals surface area contributed by atoms with Gasteiger partial charge in [0.2, 0.25) is 0 Å². The molecule has 2 heterocycles. The van der Waals surface area contributed by atoms with Crippen molar-refractivity contribution < 1.29 is 0 Å². The molecule has 3 nitrogen and oxygen atoms in total. The van der Waals surface area contributed by atoms with E-state index in [0.29, 0.717) is 5.92 Å². The maximum atomic E-state index is 4.52. The minimum atomic E-state index is 0.496. The van der Waals surface area contributed by atoms with Crippen LogP contribution in [0.1, 0.15) is 25.5 Å². The molecule has 0 saturated carbocycles. The Morgan fingerprint density at radius 3 is 2.50 bits per heavy atom. The van der Waals surface area contributed by atoms with Gasteiger partial charge in [-0.3, -0.25) is 4.98 Å². The summed E-state index contributed by atoms with van der Waals surface area (Å²) in [6.07, 6.45) is 1.90. The topological polar surface area (TPSA) is 19.4 Å². The Morgan fingerprint density at radius 1 is 1.19 bits per heavy atom. The SMILES string of the molecule is CC(C)c1ncccc1N1CCN(C)CC1. The third-order valence-corrected chi connectivity index (χ3v) is 3.21. The van der Waals surface area contributed by atoms with Gasteiger partial charge in [0.05, 0.1) is 11.4 Å². The van der Waals surface area contributed by atoms with Crippen molar-refractivity contribution >= 4 is 5.69 Å². The van der Waals surface area contributed by atoms with E-state index in [4.69, 9.17) is 0 Å². The van der Waals surface area contributed by atoms with Crippen LogP contribution < -0.4 is 4.90 Å². The highest BCUT2D eigenvalue weighted by molar-refractivity contribution is 5.52. The minimum Gasteiger partial charge on any atom is -0.367 e. The Labute approximate surface area is 98.1 Å². The van der Waals surface area contributed by atoms with Crippen molar-refractivity contribution in [3.8, 4) is 0 Å². The molecule has 1 saturated heterocycles. The maximum absolute atomic E-state index is 4.52. The predicted octanol–water partition coefficient (Wildman–Crippen LogP) is 1.96. The second-order valence-electron chi connectivity index (χ2n) is 4.85. The third kappa shape index (κ3) is 2.35. The number of likely N-dealkylation sites (N-methyl/N-ethyl adjacent to an activating group) is 1. The van der Waals surface area contributed by atoms with Crippen LogP contribution in [0.5, 0.6) is 0 Å². The zero-order valence-corrected chi connectivity index (χ0v) is 10.5. The predicted molar refractivity (Wildman–Crippen MR) is 68.0 cm³/mol. The van der Waals surface area contributed by atoms with Gasteiger partial charge in [-0.05, 0) is 25.1 Å². The molecule has 1 aliphatic rings. The Hall–Kier alpha value is -1.09. The molecular weight excluding hydrogens is 198 g/mol. The van der Waals surface area contributed by atoms with Crippen LogP contribution in [0.2, 0.25) is 0 Å². The number of pyridine rings is 1. The van der Waals surface area contributed by atoms with E-state index in [1.165, 1.54) is 11.4 Å². The fraction of sp³-hybridized carbons (Fsp3) is 0.615.